The van der Waals surface area contributed by atoms with Crippen molar-refractivity contribution in [1.29, 1.82) is 0 Å². The van der Waals surface area contributed by atoms with Crippen molar-refractivity contribution >= 4 is 29.3 Å². The SMILES string of the molecule is CC[C@H](C)[C@H](C(=O)NCc1ccc(NC(C)=O)cc1)N1C(=O)c2ccccc2C1=O. The number of imide groups is 1. The summed E-state index contributed by atoms with van der Waals surface area (Å²) in [5, 5.41) is 5.53. The summed E-state index contributed by atoms with van der Waals surface area (Å²) in [5.41, 5.74) is 2.16. The third-order valence-electron chi connectivity index (χ3n) is 5.30. The van der Waals surface area contributed by atoms with Crippen molar-refractivity contribution in [2.45, 2.75) is 39.8 Å². The van der Waals surface area contributed by atoms with E-state index in [2.05, 4.69) is 10.6 Å². The zero-order valence-electron chi connectivity index (χ0n) is 17.3. The molecule has 7 heteroatoms. The molecule has 1 aliphatic rings. The average molecular weight is 407 g/mol. The summed E-state index contributed by atoms with van der Waals surface area (Å²) in [6, 6.07) is 12.8. The van der Waals surface area contributed by atoms with Gasteiger partial charge in [-0.1, -0.05) is 44.5 Å². The predicted molar refractivity (Wildman–Crippen MR) is 113 cm³/mol. The van der Waals surface area contributed by atoms with Crippen LogP contribution in [-0.4, -0.2) is 34.6 Å². The second-order valence-electron chi connectivity index (χ2n) is 7.45. The number of carbonyl (C=O) groups excluding carboxylic acids is 4. The van der Waals surface area contributed by atoms with Crippen LogP contribution in [-0.2, 0) is 16.1 Å². The highest BCUT2D eigenvalue weighted by Crippen LogP contribution is 2.28. The lowest BCUT2D eigenvalue weighted by atomic mass is 9.96. The number of hydrogen-bond acceptors (Lipinski definition) is 4. The minimum Gasteiger partial charge on any atom is -0.350 e. The zero-order chi connectivity index (χ0) is 21.8. The Morgan fingerprint density at radius 2 is 1.53 bits per heavy atom. The molecule has 30 heavy (non-hydrogen) atoms. The topological polar surface area (TPSA) is 95.6 Å². The van der Waals surface area contributed by atoms with Gasteiger partial charge in [-0.15, -0.1) is 0 Å². The molecule has 1 heterocycles. The fraction of sp³-hybridized carbons (Fsp3) is 0.304. The summed E-state index contributed by atoms with van der Waals surface area (Å²) < 4.78 is 0. The van der Waals surface area contributed by atoms with E-state index < -0.39 is 17.9 Å². The molecule has 4 amide bonds. The van der Waals surface area contributed by atoms with E-state index in [0.717, 1.165) is 10.5 Å². The Morgan fingerprint density at radius 1 is 0.967 bits per heavy atom. The molecule has 0 saturated carbocycles. The minimum atomic E-state index is -0.888. The molecule has 0 fully saturated rings. The molecule has 2 N–H and O–H groups in total. The van der Waals surface area contributed by atoms with Gasteiger partial charge in [0, 0.05) is 19.2 Å². The van der Waals surface area contributed by atoms with E-state index >= 15 is 0 Å². The molecule has 7 nitrogen and oxygen atoms in total. The smallest absolute Gasteiger partial charge is 0.262 e. The Labute approximate surface area is 175 Å². The standard InChI is InChI=1S/C23H25N3O4/c1-4-14(2)20(26-22(29)18-7-5-6-8-19(18)23(26)30)21(28)24-13-16-9-11-17(12-10-16)25-15(3)27/h5-12,14,20H,4,13H2,1-3H3,(H,24,28)(H,25,27)/t14-,20+/m0/s1. The number of rotatable bonds is 7. The van der Waals surface area contributed by atoms with Crippen LogP contribution < -0.4 is 10.6 Å². The fourth-order valence-electron chi connectivity index (χ4n) is 3.52. The van der Waals surface area contributed by atoms with Crippen molar-refractivity contribution in [3.63, 3.8) is 0 Å². The van der Waals surface area contributed by atoms with Crippen molar-refractivity contribution < 1.29 is 19.2 Å². The molecule has 156 valence electrons. The summed E-state index contributed by atoms with van der Waals surface area (Å²) in [7, 11) is 0. The third-order valence-corrected chi connectivity index (χ3v) is 5.30. The maximum absolute atomic E-state index is 13.0. The van der Waals surface area contributed by atoms with E-state index in [0.29, 0.717) is 23.2 Å². The van der Waals surface area contributed by atoms with Gasteiger partial charge in [0.2, 0.25) is 11.8 Å². The normalized spacial score (nSPS) is 14.8. The summed E-state index contributed by atoms with van der Waals surface area (Å²) in [5.74, 6) is -1.60. The van der Waals surface area contributed by atoms with Crippen LogP contribution in [0.25, 0.3) is 0 Å². The van der Waals surface area contributed by atoms with Crippen molar-refractivity contribution in [3.05, 3.63) is 65.2 Å². The third kappa shape index (κ3) is 4.25. The molecular formula is C23H25N3O4. The number of hydrogen-bond donors (Lipinski definition) is 2. The molecule has 0 radical (unpaired) electrons. The monoisotopic (exact) mass is 407 g/mol. The van der Waals surface area contributed by atoms with Crippen molar-refractivity contribution in [2.24, 2.45) is 5.92 Å². The van der Waals surface area contributed by atoms with Crippen LogP contribution in [0.5, 0.6) is 0 Å². The van der Waals surface area contributed by atoms with Gasteiger partial charge in [0.05, 0.1) is 11.1 Å². The fourth-order valence-corrected chi connectivity index (χ4v) is 3.52. The van der Waals surface area contributed by atoms with Gasteiger partial charge in [0.1, 0.15) is 6.04 Å². The molecular weight excluding hydrogens is 382 g/mol. The molecule has 0 bridgehead atoms. The Balaban J connectivity index is 1.75. The summed E-state index contributed by atoms with van der Waals surface area (Å²) in [6.07, 6.45) is 0.636. The second-order valence-corrected chi connectivity index (χ2v) is 7.45. The van der Waals surface area contributed by atoms with Crippen LogP contribution in [0.3, 0.4) is 0 Å². The van der Waals surface area contributed by atoms with Gasteiger partial charge < -0.3 is 10.6 Å². The van der Waals surface area contributed by atoms with Gasteiger partial charge in [-0.25, -0.2) is 0 Å². The highest BCUT2D eigenvalue weighted by Gasteiger charge is 2.44. The van der Waals surface area contributed by atoms with E-state index in [9.17, 15) is 19.2 Å². The maximum Gasteiger partial charge on any atom is 0.262 e. The van der Waals surface area contributed by atoms with E-state index in [1.807, 2.05) is 13.8 Å². The largest absolute Gasteiger partial charge is 0.350 e. The lowest BCUT2D eigenvalue weighted by molar-refractivity contribution is -0.126. The molecule has 2 aromatic rings. The quantitative estimate of drug-likeness (QED) is 0.690. The van der Waals surface area contributed by atoms with Crippen LogP contribution in [0.4, 0.5) is 5.69 Å². The Morgan fingerprint density at radius 3 is 2.03 bits per heavy atom. The summed E-state index contributed by atoms with van der Waals surface area (Å²) >= 11 is 0. The number of fused-ring (bicyclic) bond motifs is 1. The van der Waals surface area contributed by atoms with E-state index in [1.165, 1.54) is 6.92 Å². The lowest BCUT2D eigenvalue weighted by Crippen LogP contribution is -2.52. The first-order valence-corrected chi connectivity index (χ1v) is 9.94. The second kappa shape index (κ2) is 8.90. The summed E-state index contributed by atoms with van der Waals surface area (Å²) in [6.45, 7) is 5.46. The van der Waals surface area contributed by atoms with Crippen LogP contribution in [0.15, 0.2) is 48.5 Å². The van der Waals surface area contributed by atoms with E-state index in [4.69, 9.17) is 0 Å². The first-order valence-electron chi connectivity index (χ1n) is 9.94. The minimum absolute atomic E-state index is 0.159. The van der Waals surface area contributed by atoms with Gasteiger partial charge in [0.15, 0.2) is 0 Å². The number of nitrogens with zero attached hydrogens (tertiary/aromatic N) is 1. The Bertz CT molecular complexity index is 949. The maximum atomic E-state index is 13.0. The molecule has 2 atom stereocenters. The lowest BCUT2D eigenvalue weighted by Gasteiger charge is -2.29. The number of carbonyl (C=O) groups is 4. The number of amides is 4. The van der Waals surface area contributed by atoms with Gasteiger partial charge in [-0.05, 0) is 35.7 Å². The highest BCUT2D eigenvalue weighted by molar-refractivity contribution is 6.22. The molecule has 0 saturated heterocycles. The average Bonchev–Trinajstić information content (AvgIpc) is 2.98. The van der Waals surface area contributed by atoms with Gasteiger partial charge in [0.25, 0.3) is 11.8 Å². The van der Waals surface area contributed by atoms with Gasteiger partial charge in [-0.3, -0.25) is 24.1 Å². The van der Waals surface area contributed by atoms with Crippen LogP contribution >= 0.6 is 0 Å². The van der Waals surface area contributed by atoms with Crippen molar-refractivity contribution in [3.8, 4) is 0 Å². The molecule has 0 aliphatic carbocycles. The van der Waals surface area contributed by atoms with Crippen LogP contribution in [0, 0.1) is 5.92 Å². The number of benzene rings is 2. The molecule has 1 aliphatic heterocycles. The van der Waals surface area contributed by atoms with Crippen LogP contribution in [0.2, 0.25) is 0 Å². The Hall–Kier alpha value is -3.48. The zero-order valence-corrected chi connectivity index (χ0v) is 17.3. The number of anilines is 1. The summed E-state index contributed by atoms with van der Waals surface area (Å²) in [4.78, 5) is 51.0. The van der Waals surface area contributed by atoms with E-state index in [1.54, 1.807) is 48.5 Å². The van der Waals surface area contributed by atoms with Crippen LogP contribution in [0.1, 0.15) is 53.5 Å². The van der Waals surface area contributed by atoms with Crippen molar-refractivity contribution in [2.75, 3.05) is 5.32 Å². The molecule has 3 rings (SSSR count). The van der Waals surface area contributed by atoms with Gasteiger partial charge >= 0.3 is 0 Å². The molecule has 0 aromatic heterocycles. The van der Waals surface area contributed by atoms with Gasteiger partial charge in [-0.2, -0.15) is 0 Å². The first kappa shape index (κ1) is 21.2. The molecule has 0 spiro atoms. The van der Waals surface area contributed by atoms with Crippen molar-refractivity contribution in [1.82, 2.24) is 10.2 Å². The predicted octanol–water partition coefficient (Wildman–Crippen LogP) is 2.97. The molecule has 0 unspecified atom stereocenters. The Kier molecular flexibility index (Phi) is 6.30. The molecule has 2 aromatic carbocycles. The first-order chi connectivity index (χ1) is 14.3. The highest BCUT2D eigenvalue weighted by atomic mass is 16.2. The van der Waals surface area contributed by atoms with E-state index in [-0.39, 0.29) is 24.3 Å². The number of nitrogens with one attached hydrogen (secondary N) is 2.